The highest BCUT2D eigenvalue weighted by Crippen LogP contribution is 2.33. The lowest BCUT2D eigenvalue weighted by atomic mass is 9.77. The zero-order valence-corrected chi connectivity index (χ0v) is 14.8. The first-order valence-electron chi connectivity index (χ1n) is 6.85. The summed E-state index contributed by atoms with van der Waals surface area (Å²) < 4.78 is 1.49. The van der Waals surface area contributed by atoms with Gasteiger partial charge in [0.15, 0.2) is 0 Å². The first kappa shape index (κ1) is 16.5. The summed E-state index contributed by atoms with van der Waals surface area (Å²) in [6, 6.07) is 5.20. The van der Waals surface area contributed by atoms with E-state index in [1.807, 2.05) is 0 Å². The molecule has 2 rings (SSSR count). The maximum Gasteiger partial charge on any atom is 0.329 e. The third-order valence-electron chi connectivity index (χ3n) is 4.07. The van der Waals surface area contributed by atoms with Gasteiger partial charge >= 0.3 is 5.97 Å². The van der Waals surface area contributed by atoms with Gasteiger partial charge in [0, 0.05) is 8.95 Å². The van der Waals surface area contributed by atoms with E-state index in [4.69, 9.17) is 0 Å². The Labute approximate surface area is 140 Å². The zero-order valence-electron chi connectivity index (χ0n) is 11.7. The molecular formula is C15H17Br2NO3. The Morgan fingerprint density at radius 3 is 2.43 bits per heavy atom. The van der Waals surface area contributed by atoms with Crippen molar-refractivity contribution in [2.24, 2.45) is 5.92 Å². The van der Waals surface area contributed by atoms with Gasteiger partial charge < -0.3 is 10.4 Å². The molecule has 0 aliphatic heterocycles. The van der Waals surface area contributed by atoms with Crippen LogP contribution in [0.5, 0.6) is 0 Å². The number of carbonyl (C=O) groups excluding carboxylic acids is 1. The summed E-state index contributed by atoms with van der Waals surface area (Å²) in [6.45, 7) is 2.11. The van der Waals surface area contributed by atoms with E-state index >= 15 is 0 Å². The second-order valence-electron chi connectivity index (χ2n) is 5.65. The predicted octanol–water partition coefficient (Wildman–Crippen LogP) is 3.97. The van der Waals surface area contributed by atoms with E-state index in [1.54, 1.807) is 18.2 Å². The van der Waals surface area contributed by atoms with Gasteiger partial charge in [-0.3, -0.25) is 4.79 Å². The molecule has 0 atom stereocenters. The summed E-state index contributed by atoms with van der Waals surface area (Å²) in [7, 11) is 0. The number of hydrogen-bond acceptors (Lipinski definition) is 2. The van der Waals surface area contributed by atoms with E-state index in [1.165, 1.54) is 0 Å². The van der Waals surface area contributed by atoms with Crippen molar-refractivity contribution in [3.8, 4) is 0 Å². The minimum atomic E-state index is -1.14. The summed E-state index contributed by atoms with van der Waals surface area (Å²) in [6.07, 6.45) is 2.58. The molecule has 1 aromatic rings. The Kier molecular flexibility index (Phi) is 5.09. The number of carbonyl (C=O) groups is 2. The average molecular weight is 419 g/mol. The van der Waals surface area contributed by atoms with Crippen LogP contribution in [0.3, 0.4) is 0 Å². The number of halogens is 2. The Morgan fingerprint density at radius 1 is 1.29 bits per heavy atom. The average Bonchev–Trinajstić information content (AvgIpc) is 2.41. The molecule has 0 spiro atoms. The van der Waals surface area contributed by atoms with E-state index in [0.29, 0.717) is 28.8 Å². The van der Waals surface area contributed by atoms with Crippen molar-refractivity contribution in [3.05, 3.63) is 32.7 Å². The van der Waals surface area contributed by atoms with Gasteiger partial charge in [-0.05, 0) is 65.7 Å². The number of carboxylic acids is 1. The van der Waals surface area contributed by atoms with Crippen molar-refractivity contribution in [2.75, 3.05) is 0 Å². The van der Waals surface area contributed by atoms with Crippen molar-refractivity contribution in [2.45, 2.75) is 38.1 Å². The van der Waals surface area contributed by atoms with E-state index in [0.717, 1.165) is 17.3 Å². The van der Waals surface area contributed by atoms with Crippen molar-refractivity contribution < 1.29 is 14.7 Å². The Morgan fingerprint density at radius 2 is 1.90 bits per heavy atom. The third-order valence-corrected chi connectivity index (χ3v) is 5.22. The summed E-state index contributed by atoms with van der Waals surface area (Å²) in [5.41, 5.74) is -0.701. The molecule has 0 saturated heterocycles. The molecule has 114 valence electrons. The standard InChI is InChI=1S/C15H17Br2NO3/c1-9-4-6-15(7-5-9,14(20)21)18-13(19)11-3-2-10(16)8-12(11)17/h2-3,8-9H,4-7H2,1H3,(H,18,19)(H,20,21). The van der Waals surface area contributed by atoms with Crippen LogP contribution in [0.25, 0.3) is 0 Å². The fourth-order valence-corrected chi connectivity index (χ4v) is 3.83. The van der Waals surface area contributed by atoms with Crippen molar-refractivity contribution in [3.63, 3.8) is 0 Å². The SMILES string of the molecule is CC1CCC(NC(=O)c2ccc(Br)cc2Br)(C(=O)O)CC1. The second-order valence-corrected chi connectivity index (χ2v) is 7.42. The first-order chi connectivity index (χ1) is 9.84. The lowest BCUT2D eigenvalue weighted by Gasteiger charge is -2.36. The highest BCUT2D eigenvalue weighted by atomic mass is 79.9. The molecule has 0 aromatic heterocycles. The Balaban J connectivity index is 2.21. The van der Waals surface area contributed by atoms with Crippen LogP contribution in [-0.4, -0.2) is 22.5 Å². The molecule has 1 saturated carbocycles. The van der Waals surface area contributed by atoms with E-state index in [-0.39, 0.29) is 5.91 Å². The topological polar surface area (TPSA) is 66.4 Å². The van der Waals surface area contributed by atoms with Crippen LogP contribution in [0, 0.1) is 5.92 Å². The third kappa shape index (κ3) is 3.66. The number of aliphatic carboxylic acids is 1. The van der Waals surface area contributed by atoms with Crippen LogP contribution in [-0.2, 0) is 4.79 Å². The fourth-order valence-electron chi connectivity index (χ4n) is 2.61. The number of rotatable bonds is 3. The molecule has 0 unspecified atom stereocenters. The molecular weight excluding hydrogens is 402 g/mol. The molecule has 21 heavy (non-hydrogen) atoms. The largest absolute Gasteiger partial charge is 0.480 e. The fraction of sp³-hybridized carbons (Fsp3) is 0.467. The minimum absolute atomic E-state index is 0.355. The monoisotopic (exact) mass is 417 g/mol. The lowest BCUT2D eigenvalue weighted by molar-refractivity contribution is -0.146. The van der Waals surface area contributed by atoms with Crippen molar-refractivity contribution in [1.82, 2.24) is 5.32 Å². The quantitative estimate of drug-likeness (QED) is 0.780. The molecule has 1 aromatic carbocycles. The molecule has 0 heterocycles. The molecule has 6 heteroatoms. The second kappa shape index (κ2) is 6.48. The van der Waals surface area contributed by atoms with Crippen LogP contribution < -0.4 is 5.32 Å². The van der Waals surface area contributed by atoms with Crippen molar-refractivity contribution in [1.29, 1.82) is 0 Å². The molecule has 1 fully saturated rings. The summed E-state index contributed by atoms with van der Waals surface area (Å²) in [5, 5.41) is 12.3. The lowest BCUT2D eigenvalue weighted by Crippen LogP contribution is -2.56. The molecule has 1 aliphatic rings. The van der Waals surface area contributed by atoms with Gasteiger partial charge in [-0.15, -0.1) is 0 Å². The molecule has 4 nitrogen and oxygen atoms in total. The van der Waals surface area contributed by atoms with Gasteiger partial charge in [-0.2, -0.15) is 0 Å². The van der Waals surface area contributed by atoms with Gasteiger partial charge in [0.2, 0.25) is 0 Å². The summed E-state index contributed by atoms with van der Waals surface area (Å²) in [5.74, 6) is -0.795. The molecule has 1 aliphatic carbocycles. The number of amides is 1. The summed E-state index contributed by atoms with van der Waals surface area (Å²) >= 11 is 6.67. The van der Waals surface area contributed by atoms with E-state index in [9.17, 15) is 14.7 Å². The Hall–Kier alpha value is -0.880. The Bertz CT molecular complexity index is 566. The molecule has 0 bridgehead atoms. The number of nitrogens with one attached hydrogen (secondary N) is 1. The van der Waals surface area contributed by atoms with Crippen LogP contribution in [0.15, 0.2) is 27.1 Å². The predicted molar refractivity (Wildman–Crippen MR) is 87.3 cm³/mol. The van der Waals surface area contributed by atoms with Crippen LogP contribution in [0.1, 0.15) is 43.0 Å². The first-order valence-corrected chi connectivity index (χ1v) is 8.43. The molecule has 0 radical (unpaired) electrons. The maximum absolute atomic E-state index is 12.4. The smallest absolute Gasteiger partial charge is 0.329 e. The molecule has 1 amide bonds. The van der Waals surface area contributed by atoms with Crippen LogP contribution in [0.4, 0.5) is 0 Å². The maximum atomic E-state index is 12.4. The van der Waals surface area contributed by atoms with Gasteiger partial charge in [0.05, 0.1) is 5.56 Å². The highest BCUT2D eigenvalue weighted by Gasteiger charge is 2.42. The van der Waals surface area contributed by atoms with Crippen LogP contribution in [0.2, 0.25) is 0 Å². The summed E-state index contributed by atoms with van der Waals surface area (Å²) in [4.78, 5) is 24.1. The van der Waals surface area contributed by atoms with E-state index < -0.39 is 11.5 Å². The van der Waals surface area contributed by atoms with Gasteiger partial charge in [0.25, 0.3) is 5.91 Å². The minimum Gasteiger partial charge on any atom is -0.480 e. The number of carboxylic acid groups (broad SMARTS) is 1. The van der Waals surface area contributed by atoms with E-state index in [2.05, 4.69) is 44.1 Å². The van der Waals surface area contributed by atoms with Gasteiger partial charge in [-0.1, -0.05) is 22.9 Å². The van der Waals surface area contributed by atoms with Gasteiger partial charge in [-0.25, -0.2) is 4.79 Å². The number of benzene rings is 1. The van der Waals surface area contributed by atoms with Crippen molar-refractivity contribution >= 4 is 43.7 Å². The highest BCUT2D eigenvalue weighted by molar-refractivity contribution is 9.11. The zero-order chi connectivity index (χ0) is 15.6. The van der Waals surface area contributed by atoms with Gasteiger partial charge in [0.1, 0.15) is 5.54 Å². The van der Waals surface area contributed by atoms with Crippen LogP contribution >= 0.6 is 31.9 Å². The molecule has 2 N–H and O–H groups in total. The normalized spacial score (nSPS) is 25.4. The number of hydrogen-bond donors (Lipinski definition) is 2.